The van der Waals surface area contributed by atoms with Crippen LogP contribution < -0.4 is 10.6 Å². The number of hydrogen-bond donors (Lipinski definition) is 2. The number of rotatable bonds is 4. The fourth-order valence-corrected chi connectivity index (χ4v) is 3.76. The maximum Gasteiger partial charge on any atom is 0.293 e. The summed E-state index contributed by atoms with van der Waals surface area (Å²) < 4.78 is 11.4. The summed E-state index contributed by atoms with van der Waals surface area (Å²) in [6.45, 7) is 0. The van der Waals surface area contributed by atoms with Gasteiger partial charge < -0.3 is 14.2 Å². The zero-order valence-corrected chi connectivity index (χ0v) is 19.0. The quantitative estimate of drug-likeness (QED) is 0.309. The number of benzene rings is 2. The van der Waals surface area contributed by atoms with E-state index in [2.05, 4.69) is 31.5 Å². The van der Waals surface area contributed by atoms with Gasteiger partial charge in [0.25, 0.3) is 5.91 Å². The number of thiocarbonyl (C=S) groups is 1. The Labute approximate surface area is 194 Å². The van der Waals surface area contributed by atoms with Crippen LogP contribution in [-0.2, 0) is 6.42 Å². The summed E-state index contributed by atoms with van der Waals surface area (Å²) in [5.41, 5.74) is 2.83. The molecule has 0 unspecified atom stereocenters. The highest BCUT2D eigenvalue weighted by Gasteiger charge is 2.13. The van der Waals surface area contributed by atoms with Gasteiger partial charge in [0.2, 0.25) is 0 Å². The fourth-order valence-electron chi connectivity index (χ4n) is 2.73. The van der Waals surface area contributed by atoms with Crippen LogP contribution >= 0.6 is 51.3 Å². The van der Waals surface area contributed by atoms with E-state index in [1.54, 1.807) is 24.3 Å². The third kappa shape index (κ3) is 4.84. The number of nitrogens with zero attached hydrogens (tertiary/aromatic N) is 1. The molecule has 2 N–H and O–H groups in total. The predicted octanol–water partition coefficient (Wildman–Crippen LogP) is 6.21. The number of amides is 1. The summed E-state index contributed by atoms with van der Waals surface area (Å²) >= 11 is 20.5. The third-order valence-electron chi connectivity index (χ3n) is 4.05. The molecule has 30 heavy (non-hydrogen) atoms. The van der Waals surface area contributed by atoms with Crippen molar-refractivity contribution in [2.24, 2.45) is 0 Å². The van der Waals surface area contributed by atoms with E-state index < -0.39 is 5.91 Å². The van der Waals surface area contributed by atoms with Gasteiger partial charge in [0.15, 0.2) is 27.0 Å². The lowest BCUT2D eigenvalue weighted by atomic mass is 10.1. The summed E-state index contributed by atoms with van der Waals surface area (Å²) in [5.74, 6) is 0.243. The Morgan fingerprint density at radius 2 is 1.87 bits per heavy atom. The number of oxazole rings is 1. The van der Waals surface area contributed by atoms with Crippen molar-refractivity contribution in [3.8, 4) is 0 Å². The van der Waals surface area contributed by atoms with E-state index in [0.29, 0.717) is 38.1 Å². The molecule has 0 saturated carbocycles. The highest BCUT2D eigenvalue weighted by atomic mass is 79.9. The number of carbonyl (C=O) groups excluding carboxylic acids is 1. The van der Waals surface area contributed by atoms with Crippen LogP contribution in [0.15, 0.2) is 62.0 Å². The topological polar surface area (TPSA) is 80.3 Å². The van der Waals surface area contributed by atoms with Gasteiger partial charge in [0.05, 0.1) is 5.02 Å². The standard InChI is InChI=1S/C20H12BrCl2N3O3S/c21-16-6-5-15(28-16)19(27)26-20(30)24-12-3-1-10(2-4-12)7-17-25-14-9-11(22)8-13(23)18(14)29-17/h1-6,8-9H,7H2,(H2,24,26,27,30). The van der Waals surface area contributed by atoms with Crippen molar-refractivity contribution in [3.05, 3.63) is 80.5 Å². The number of furan rings is 1. The Hall–Kier alpha value is -2.39. The molecule has 4 rings (SSSR count). The zero-order valence-electron chi connectivity index (χ0n) is 15.0. The lowest BCUT2D eigenvalue weighted by molar-refractivity contribution is 0.0949. The molecule has 2 aromatic heterocycles. The zero-order chi connectivity index (χ0) is 21.3. The average molecular weight is 525 g/mol. The van der Waals surface area contributed by atoms with Crippen molar-refractivity contribution in [2.45, 2.75) is 6.42 Å². The van der Waals surface area contributed by atoms with Crippen molar-refractivity contribution >= 4 is 79.2 Å². The van der Waals surface area contributed by atoms with Crippen molar-refractivity contribution in [2.75, 3.05) is 5.32 Å². The largest absolute Gasteiger partial charge is 0.444 e. The highest BCUT2D eigenvalue weighted by molar-refractivity contribution is 9.10. The first-order valence-corrected chi connectivity index (χ1v) is 10.5. The molecular formula is C20H12BrCl2N3O3S. The Bertz CT molecular complexity index is 1250. The summed E-state index contributed by atoms with van der Waals surface area (Å²) in [7, 11) is 0. The van der Waals surface area contributed by atoms with Crippen LogP contribution in [0.4, 0.5) is 5.69 Å². The molecular weight excluding hydrogens is 513 g/mol. The molecule has 2 aromatic carbocycles. The van der Waals surface area contributed by atoms with E-state index in [9.17, 15) is 4.79 Å². The van der Waals surface area contributed by atoms with Gasteiger partial charge in [-0.3, -0.25) is 10.1 Å². The Kier molecular flexibility index (Phi) is 6.10. The number of aromatic nitrogens is 1. The van der Waals surface area contributed by atoms with E-state index in [1.807, 2.05) is 24.3 Å². The molecule has 1 amide bonds. The minimum absolute atomic E-state index is 0.154. The minimum Gasteiger partial charge on any atom is -0.444 e. The van der Waals surface area contributed by atoms with Gasteiger partial charge in [-0.2, -0.15) is 0 Å². The maximum atomic E-state index is 12.0. The molecule has 152 valence electrons. The summed E-state index contributed by atoms with van der Waals surface area (Å²) in [6.07, 6.45) is 0.484. The molecule has 0 atom stereocenters. The summed E-state index contributed by atoms with van der Waals surface area (Å²) in [5, 5.41) is 6.59. The van der Waals surface area contributed by atoms with Gasteiger partial charge in [0.1, 0.15) is 5.52 Å². The molecule has 2 heterocycles. The smallest absolute Gasteiger partial charge is 0.293 e. The number of carbonyl (C=O) groups is 1. The van der Waals surface area contributed by atoms with Crippen LogP contribution in [0.1, 0.15) is 22.0 Å². The second-order valence-electron chi connectivity index (χ2n) is 6.23. The number of anilines is 1. The molecule has 0 aliphatic heterocycles. The normalized spacial score (nSPS) is 10.9. The van der Waals surface area contributed by atoms with Gasteiger partial charge in [-0.25, -0.2) is 4.98 Å². The van der Waals surface area contributed by atoms with Gasteiger partial charge >= 0.3 is 0 Å². The van der Waals surface area contributed by atoms with Crippen LogP contribution in [-0.4, -0.2) is 16.0 Å². The Morgan fingerprint density at radius 1 is 1.10 bits per heavy atom. The number of nitrogens with one attached hydrogen (secondary N) is 2. The maximum absolute atomic E-state index is 12.0. The third-order valence-corrected chi connectivity index (χ3v) is 5.17. The lowest BCUT2D eigenvalue weighted by Crippen LogP contribution is -2.33. The highest BCUT2D eigenvalue weighted by Crippen LogP contribution is 2.29. The average Bonchev–Trinajstić information content (AvgIpc) is 3.29. The van der Waals surface area contributed by atoms with E-state index in [4.69, 9.17) is 44.3 Å². The van der Waals surface area contributed by atoms with Crippen LogP contribution in [0.5, 0.6) is 0 Å². The summed E-state index contributed by atoms with van der Waals surface area (Å²) in [6, 6.07) is 14.0. The summed E-state index contributed by atoms with van der Waals surface area (Å²) in [4.78, 5) is 16.5. The molecule has 0 radical (unpaired) electrons. The molecule has 10 heteroatoms. The van der Waals surface area contributed by atoms with Crippen molar-refractivity contribution < 1.29 is 13.6 Å². The van der Waals surface area contributed by atoms with E-state index in [-0.39, 0.29) is 10.9 Å². The Balaban J connectivity index is 1.38. The monoisotopic (exact) mass is 523 g/mol. The van der Waals surface area contributed by atoms with Gasteiger partial charge in [-0.1, -0.05) is 35.3 Å². The minimum atomic E-state index is -0.440. The van der Waals surface area contributed by atoms with Crippen LogP contribution in [0.25, 0.3) is 11.1 Å². The molecule has 0 fully saturated rings. The molecule has 0 bridgehead atoms. The first-order valence-electron chi connectivity index (χ1n) is 8.58. The van der Waals surface area contributed by atoms with Crippen LogP contribution in [0, 0.1) is 0 Å². The molecule has 0 spiro atoms. The molecule has 0 saturated heterocycles. The predicted molar refractivity (Wildman–Crippen MR) is 123 cm³/mol. The number of hydrogen-bond acceptors (Lipinski definition) is 5. The van der Waals surface area contributed by atoms with Crippen LogP contribution in [0.2, 0.25) is 10.0 Å². The first-order chi connectivity index (χ1) is 14.4. The van der Waals surface area contributed by atoms with Gasteiger partial charge in [-0.15, -0.1) is 0 Å². The molecule has 6 nitrogen and oxygen atoms in total. The molecule has 0 aliphatic carbocycles. The van der Waals surface area contributed by atoms with E-state index >= 15 is 0 Å². The van der Waals surface area contributed by atoms with Gasteiger partial charge in [0, 0.05) is 17.1 Å². The molecule has 4 aromatic rings. The second-order valence-corrected chi connectivity index (χ2v) is 8.26. The van der Waals surface area contributed by atoms with Crippen LogP contribution in [0.3, 0.4) is 0 Å². The van der Waals surface area contributed by atoms with E-state index in [0.717, 1.165) is 11.3 Å². The van der Waals surface area contributed by atoms with Crippen molar-refractivity contribution in [3.63, 3.8) is 0 Å². The second kappa shape index (κ2) is 8.77. The van der Waals surface area contributed by atoms with Crippen molar-refractivity contribution in [1.29, 1.82) is 0 Å². The SMILES string of the molecule is O=C(NC(=S)Nc1ccc(Cc2nc3cc(Cl)cc(Cl)c3o2)cc1)c1ccc(Br)o1. The molecule has 0 aliphatic rings. The fraction of sp³-hybridized carbons (Fsp3) is 0.0500. The Morgan fingerprint density at radius 3 is 2.57 bits per heavy atom. The first kappa shape index (κ1) is 20.9. The number of halogens is 3. The van der Waals surface area contributed by atoms with E-state index in [1.165, 1.54) is 0 Å². The van der Waals surface area contributed by atoms with Gasteiger partial charge in [-0.05, 0) is 70.1 Å². The number of fused-ring (bicyclic) bond motifs is 1. The lowest BCUT2D eigenvalue weighted by Gasteiger charge is -2.09. The van der Waals surface area contributed by atoms with Crippen molar-refractivity contribution in [1.82, 2.24) is 10.3 Å².